The largest absolute Gasteiger partial charge is 0.360 e. The second-order valence-corrected chi connectivity index (χ2v) is 5.61. The quantitative estimate of drug-likeness (QED) is 0.727. The van der Waals surface area contributed by atoms with Gasteiger partial charge in [-0.3, -0.25) is 4.90 Å². The zero-order chi connectivity index (χ0) is 15.9. The molecule has 0 aliphatic heterocycles. The maximum Gasteiger partial charge on any atom is 0.151 e. The summed E-state index contributed by atoms with van der Waals surface area (Å²) in [5.74, 6) is 0.845. The molecule has 2 aromatic carbocycles. The van der Waals surface area contributed by atoms with Crippen LogP contribution in [0.3, 0.4) is 0 Å². The van der Waals surface area contributed by atoms with Crippen molar-refractivity contribution in [2.45, 2.75) is 26.2 Å². The Kier molecular flexibility index (Phi) is 5.19. The van der Waals surface area contributed by atoms with E-state index in [1.165, 1.54) is 11.1 Å². The maximum absolute atomic E-state index is 5.60. The molecule has 0 unspecified atom stereocenters. The smallest absolute Gasteiger partial charge is 0.151 e. The van der Waals surface area contributed by atoms with Gasteiger partial charge in [0.25, 0.3) is 0 Å². The SMILES string of the molecule is NCc1cc(CN(Cc2ccccc2)Cc2ccccc2)on1. The van der Waals surface area contributed by atoms with Crippen molar-refractivity contribution in [1.29, 1.82) is 0 Å². The van der Waals surface area contributed by atoms with Crippen LogP contribution < -0.4 is 5.73 Å². The summed E-state index contributed by atoms with van der Waals surface area (Å²) in [5, 5.41) is 3.98. The van der Waals surface area contributed by atoms with Crippen LogP contribution in [0.1, 0.15) is 22.6 Å². The lowest BCUT2D eigenvalue weighted by Gasteiger charge is -2.21. The van der Waals surface area contributed by atoms with Crippen molar-refractivity contribution in [3.63, 3.8) is 0 Å². The van der Waals surface area contributed by atoms with Crippen LogP contribution in [0.5, 0.6) is 0 Å². The minimum Gasteiger partial charge on any atom is -0.360 e. The van der Waals surface area contributed by atoms with Crippen LogP contribution >= 0.6 is 0 Å². The monoisotopic (exact) mass is 307 g/mol. The lowest BCUT2D eigenvalue weighted by Crippen LogP contribution is -2.22. The fourth-order valence-corrected chi connectivity index (χ4v) is 2.60. The van der Waals surface area contributed by atoms with Crippen molar-refractivity contribution in [1.82, 2.24) is 10.1 Å². The molecule has 1 heterocycles. The molecule has 3 aromatic rings. The fraction of sp³-hybridized carbons (Fsp3) is 0.211. The summed E-state index contributed by atoms with van der Waals surface area (Å²) in [5.41, 5.74) is 8.96. The van der Waals surface area contributed by atoms with Gasteiger partial charge in [-0.1, -0.05) is 65.8 Å². The summed E-state index contributed by atoms with van der Waals surface area (Å²) in [4.78, 5) is 2.34. The van der Waals surface area contributed by atoms with E-state index in [1.54, 1.807) is 0 Å². The first-order valence-electron chi connectivity index (χ1n) is 7.78. The Hall–Kier alpha value is -2.43. The first kappa shape index (κ1) is 15.5. The van der Waals surface area contributed by atoms with E-state index in [-0.39, 0.29) is 0 Å². The lowest BCUT2D eigenvalue weighted by molar-refractivity contribution is 0.215. The van der Waals surface area contributed by atoms with Gasteiger partial charge in [0.15, 0.2) is 5.76 Å². The molecule has 0 aliphatic carbocycles. The molecule has 0 saturated carbocycles. The van der Waals surface area contributed by atoms with Crippen molar-refractivity contribution in [2.75, 3.05) is 0 Å². The normalized spacial score (nSPS) is 11.0. The molecule has 0 radical (unpaired) electrons. The molecule has 0 atom stereocenters. The molecule has 23 heavy (non-hydrogen) atoms. The standard InChI is InChI=1S/C19H21N3O/c20-12-18-11-19(23-21-18)15-22(13-16-7-3-1-4-8-16)14-17-9-5-2-6-10-17/h1-11H,12-15,20H2. The predicted molar refractivity (Wildman–Crippen MR) is 90.2 cm³/mol. The highest BCUT2D eigenvalue weighted by Gasteiger charge is 2.12. The summed E-state index contributed by atoms with van der Waals surface area (Å²) in [6, 6.07) is 22.8. The molecular weight excluding hydrogens is 286 g/mol. The van der Waals surface area contributed by atoms with E-state index < -0.39 is 0 Å². The van der Waals surface area contributed by atoms with E-state index in [4.69, 9.17) is 10.3 Å². The summed E-state index contributed by atoms with van der Waals surface area (Å²) in [6.45, 7) is 2.82. The van der Waals surface area contributed by atoms with Gasteiger partial charge in [0.05, 0.1) is 12.2 Å². The van der Waals surface area contributed by atoms with E-state index in [0.29, 0.717) is 13.1 Å². The lowest BCUT2D eigenvalue weighted by atomic mass is 10.1. The molecule has 2 N–H and O–H groups in total. The van der Waals surface area contributed by atoms with Crippen LogP contribution in [-0.2, 0) is 26.2 Å². The highest BCUT2D eigenvalue weighted by molar-refractivity contribution is 5.17. The van der Waals surface area contributed by atoms with Crippen molar-refractivity contribution >= 4 is 0 Å². The predicted octanol–water partition coefficient (Wildman–Crippen LogP) is 3.34. The van der Waals surface area contributed by atoms with Crippen molar-refractivity contribution < 1.29 is 4.52 Å². The summed E-state index contributed by atoms with van der Waals surface area (Å²) in [6.07, 6.45) is 0. The van der Waals surface area contributed by atoms with E-state index in [0.717, 1.165) is 24.5 Å². The number of hydrogen-bond donors (Lipinski definition) is 1. The molecular formula is C19H21N3O. The average molecular weight is 307 g/mol. The molecule has 4 heteroatoms. The topological polar surface area (TPSA) is 55.3 Å². The molecule has 118 valence electrons. The number of nitrogens with two attached hydrogens (primary N) is 1. The zero-order valence-electron chi connectivity index (χ0n) is 13.1. The van der Waals surface area contributed by atoms with Crippen molar-refractivity contribution in [3.8, 4) is 0 Å². The average Bonchev–Trinajstić information content (AvgIpc) is 3.04. The zero-order valence-corrected chi connectivity index (χ0v) is 13.1. The number of aromatic nitrogens is 1. The summed E-state index contributed by atoms with van der Waals surface area (Å²) < 4.78 is 5.39. The molecule has 0 saturated heterocycles. The minimum absolute atomic E-state index is 0.404. The third-order valence-electron chi connectivity index (χ3n) is 3.69. The van der Waals surface area contributed by atoms with Crippen LogP contribution in [0.25, 0.3) is 0 Å². The minimum atomic E-state index is 0.404. The summed E-state index contributed by atoms with van der Waals surface area (Å²) in [7, 11) is 0. The molecule has 0 fully saturated rings. The Morgan fingerprint density at radius 1 is 0.826 bits per heavy atom. The van der Waals surface area contributed by atoms with Crippen LogP contribution in [0.4, 0.5) is 0 Å². The number of nitrogens with zero attached hydrogens (tertiary/aromatic N) is 2. The van der Waals surface area contributed by atoms with Gasteiger partial charge in [-0.05, 0) is 11.1 Å². The molecule has 0 spiro atoms. The van der Waals surface area contributed by atoms with Crippen LogP contribution in [0, 0.1) is 0 Å². The second-order valence-electron chi connectivity index (χ2n) is 5.61. The van der Waals surface area contributed by atoms with Gasteiger partial charge >= 0.3 is 0 Å². The molecule has 0 amide bonds. The third-order valence-corrected chi connectivity index (χ3v) is 3.69. The van der Waals surface area contributed by atoms with Gasteiger partial charge in [-0.2, -0.15) is 0 Å². The van der Waals surface area contributed by atoms with Gasteiger partial charge in [0.2, 0.25) is 0 Å². The van der Waals surface area contributed by atoms with Crippen LogP contribution in [0.15, 0.2) is 71.3 Å². The van der Waals surface area contributed by atoms with Crippen LogP contribution in [0.2, 0.25) is 0 Å². The molecule has 4 nitrogen and oxygen atoms in total. The van der Waals surface area contributed by atoms with Crippen molar-refractivity contribution in [2.24, 2.45) is 5.73 Å². The van der Waals surface area contributed by atoms with Gasteiger partial charge in [-0.25, -0.2) is 0 Å². The van der Waals surface area contributed by atoms with E-state index >= 15 is 0 Å². The highest BCUT2D eigenvalue weighted by atomic mass is 16.5. The molecule has 0 bridgehead atoms. The van der Waals surface area contributed by atoms with Gasteiger partial charge in [-0.15, -0.1) is 0 Å². The van der Waals surface area contributed by atoms with Crippen LogP contribution in [-0.4, -0.2) is 10.1 Å². The maximum atomic E-state index is 5.60. The summed E-state index contributed by atoms with van der Waals surface area (Å²) >= 11 is 0. The van der Waals surface area contributed by atoms with Gasteiger partial charge in [0, 0.05) is 25.7 Å². The van der Waals surface area contributed by atoms with Gasteiger partial charge < -0.3 is 10.3 Å². The Labute approximate surface area is 136 Å². The Balaban J connectivity index is 1.74. The van der Waals surface area contributed by atoms with Crippen molar-refractivity contribution in [3.05, 3.63) is 89.3 Å². The first-order chi connectivity index (χ1) is 11.3. The Morgan fingerprint density at radius 2 is 1.39 bits per heavy atom. The van der Waals surface area contributed by atoms with Gasteiger partial charge in [0.1, 0.15) is 0 Å². The Morgan fingerprint density at radius 3 is 1.87 bits per heavy atom. The molecule has 1 aromatic heterocycles. The third kappa shape index (κ3) is 4.52. The Bertz CT molecular complexity index is 668. The second kappa shape index (κ2) is 7.72. The molecule has 0 aliphatic rings. The number of rotatable bonds is 7. The van der Waals surface area contributed by atoms with E-state index in [2.05, 4.69) is 58.6 Å². The van der Waals surface area contributed by atoms with E-state index in [9.17, 15) is 0 Å². The number of hydrogen-bond acceptors (Lipinski definition) is 4. The molecule has 3 rings (SSSR count). The number of benzene rings is 2. The first-order valence-corrected chi connectivity index (χ1v) is 7.78. The highest BCUT2D eigenvalue weighted by Crippen LogP contribution is 2.14. The van der Waals surface area contributed by atoms with E-state index in [1.807, 2.05) is 18.2 Å². The fourth-order valence-electron chi connectivity index (χ4n) is 2.60.